The Morgan fingerprint density at radius 3 is 1.40 bits per heavy atom. The lowest BCUT2D eigenvalue weighted by molar-refractivity contribution is -0.295. The van der Waals surface area contributed by atoms with Crippen LogP contribution in [0.15, 0.2) is 12.2 Å². The van der Waals surface area contributed by atoms with Gasteiger partial charge in [-0.1, -0.05) is 156 Å². The summed E-state index contributed by atoms with van der Waals surface area (Å²) in [4.78, 5) is 13.3. The van der Waals surface area contributed by atoms with Crippen molar-refractivity contribution in [2.24, 2.45) is 17.8 Å². The summed E-state index contributed by atoms with van der Waals surface area (Å²) in [6.07, 6.45) is 32.0. The third-order valence-electron chi connectivity index (χ3n) is 11.2. The lowest BCUT2D eigenvalue weighted by Gasteiger charge is -2.27. The molecule has 53 heavy (non-hydrogen) atoms. The van der Waals surface area contributed by atoms with Crippen molar-refractivity contribution in [1.82, 2.24) is 10.2 Å². The average Bonchev–Trinajstić information content (AvgIpc) is 3.14. The van der Waals surface area contributed by atoms with Crippen molar-refractivity contribution in [1.29, 1.82) is 0 Å². The average molecular weight is 753 g/mol. The number of allylic oxidation sites excluding steroid dienone is 1. The van der Waals surface area contributed by atoms with Crippen LogP contribution in [0.25, 0.3) is 0 Å². The van der Waals surface area contributed by atoms with Crippen molar-refractivity contribution >= 4 is 0 Å². The van der Waals surface area contributed by atoms with Crippen LogP contribution in [0.1, 0.15) is 202 Å². The number of ether oxygens (including phenoxy) is 2. The van der Waals surface area contributed by atoms with Gasteiger partial charge in [-0.25, -0.2) is 9.78 Å². The molecule has 0 aliphatic carbocycles. The summed E-state index contributed by atoms with van der Waals surface area (Å²) < 4.78 is 11.5. The van der Waals surface area contributed by atoms with E-state index in [1.54, 1.807) is 0 Å². The number of unbranched alkanes of at least 4 members (excludes halogenated alkanes) is 19. The first-order chi connectivity index (χ1) is 25.8. The van der Waals surface area contributed by atoms with Crippen LogP contribution in [0.5, 0.6) is 0 Å². The van der Waals surface area contributed by atoms with Gasteiger partial charge in [0.15, 0.2) is 0 Å². The summed E-state index contributed by atoms with van der Waals surface area (Å²) in [5, 5.41) is 3.75. The molecule has 0 radical (unpaired) electrons. The minimum Gasteiger partial charge on any atom is -0.379 e. The van der Waals surface area contributed by atoms with Crippen LogP contribution in [0.2, 0.25) is 0 Å². The molecule has 2 atom stereocenters. The van der Waals surface area contributed by atoms with Crippen LogP contribution < -0.4 is 5.32 Å². The number of nitrogens with one attached hydrogen (secondary N) is 1. The molecule has 0 saturated carbocycles. The van der Waals surface area contributed by atoms with Gasteiger partial charge < -0.3 is 19.7 Å². The van der Waals surface area contributed by atoms with Gasteiger partial charge in [0.2, 0.25) is 0 Å². The highest BCUT2D eigenvalue weighted by molar-refractivity contribution is 4.96. The smallest absolute Gasteiger partial charge is 0.0822 e. The van der Waals surface area contributed by atoms with Gasteiger partial charge in [-0.3, -0.25) is 0 Å². The summed E-state index contributed by atoms with van der Waals surface area (Å²) in [6.45, 7) is 26.3. The topological polar surface area (TPSA) is 52.2 Å². The van der Waals surface area contributed by atoms with Crippen molar-refractivity contribution in [3.63, 3.8) is 0 Å². The molecule has 0 rings (SSSR count). The van der Waals surface area contributed by atoms with Crippen LogP contribution in [0, 0.1) is 17.8 Å². The Hall–Kier alpha value is -0.500. The predicted molar refractivity (Wildman–Crippen MR) is 232 cm³/mol. The second-order valence-corrected chi connectivity index (χ2v) is 17.0. The first-order valence-electron chi connectivity index (χ1n) is 23.3. The van der Waals surface area contributed by atoms with Crippen LogP contribution >= 0.6 is 0 Å². The first-order valence-corrected chi connectivity index (χ1v) is 23.3. The number of hydrogen-bond acceptors (Lipinski definition) is 6. The van der Waals surface area contributed by atoms with E-state index in [1.807, 2.05) is 0 Å². The Morgan fingerprint density at radius 1 is 0.547 bits per heavy atom. The lowest BCUT2D eigenvalue weighted by Crippen LogP contribution is -2.34. The maximum absolute atomic E-state index is 5.75. The van der Waals surface area contributed by atoms with Crippen LogP contribution in [0.3, 0.4) is 0 Å². The quantitative estimate of drug-likeness (QED) is 0.0289. The fourth-order valence-corrected chi connectivity index (χ4v) is 6.93. The third-order valence-corrected chi connectivity index (χ3v) is 11.2. The second kappa shape index (κ2) is 41.1. The van der Waals surface area contributed by atoms with E-state index in [2.05, 4.69) is 65.4 Å². The van der Waals surface area contributed by atoms with E-state index >= 15 is 0 Å². The van der Waals surface area contributed by atoms with Crippen molar-refractivity contribution in [3.05, 3.63) is 12.2 Å². The number of rotatable bonds is 44. The zero-order valence-corrected chi connectivity index (χ0v) is 37.1. The Bertz CT molecular complexity index is 733. The van der Waals surface area contributed by atoms with Gasteiger partial charge in [-0.05, 0) is 96.2 Å². The van der Waals surface area contributed by atoms with Gasteiger partial charge in [-0.2, -0.15) is 0 Å². The molecule has 0 saturated heterocycles. The van der Waals surface area contributed by atoms with Gasteiger partial charge in [-0.15, -0.1) is 0 Å². The molecule has 318 valence electrons. The summed E-state index contributed by atoms with van der Waals surface area (Å²) in [7, 11) is 2.29. The molecule has 6 heteroatoms. The molecular formula is C47H96N2O4. The molecule has 0 fully saturated rings. The van der Waals surface area contributed by atoms with Gasteiger partial charge in [0.1, 0.15) is 0 Å². The SMILES string of the molecule is C=C(CCCCCCCCOCCOCCCCCCCCCOOCCCCCCCCCCCNC(C)CCN(C)CC(CC)C(C)C)C(C)C. The van der Waals surface area contributed by atoms with E-state index in [0.29, 0.717) is 12.0 Å². The summed E-state index contributed by atoms with van der Waals surface area (Å²) in [6, 6.07) is 0.617. The van der Waals surface area contributed by atoms with E-state index in [1.165, 1.54) is 166 Å². The first kappa shape index (κ1) is 52.5. The van der Waals surface area contributed by atoms with E-state index < -0.39 is 0 Å². The number of hydrogen-bond donors (Lipinski definition) is 1. The fraction of sp³-hybridized carbons (Fsp3) is 0.957. The molecule has 6 nitrogen and oxygen atoms in total. The molecule has 0 spiro atoms. The summed E-state index contributed by atoms with van der Waals surface area (Å²) >= 11 is 0. The summed E-state index contributed by atoms with van der Waals surface area (Å²) in [5.74, 6) is 2.24. The van der Waals surface area contributed by atoms with E-state index in [-0.39, 0.29) is 0 Å². The van der Waals surface area contributed by atoms with Gasteiger partial charge in [0.25, 0.3) is 0 Å². The van der Waals surface area contributed by atoms with E-state index in [9.17, 15) is 0 Å². The summed E-state index contributed by atoms with van der Waals surface area (Å²) in [5.41, 5.74) is 1.41. The maximum atomic E-state index is 5.75. The minimum atomic E-state index is 0.617. The van der Waals surface area contributed by atoms with Crippen LogP contribution in [-0.4, -0.2) is 77.3 Å². The van der Waals surface area contributed by atoms with Crippen molar-refractivity contribution in [2.45, 2.75) is 208 Å². The van der Waals surface area contributed by atoms with E-state index in [0.717, 1.165) is 70.7 Å². The largest absolute Gasteiger partial charge is 0.379 e. The maximum Gasteiger partial charge on any atom is 0.0822 e. The Morgan fingerprint density at radius 2 is 0.962 bits per heavy atom. The third kappa shape index (κ3) is 39.5. The molecule has 0 aromatic carbocycles. The molecule has 0 aliphatic rings. The molecule has 0 bridgehead atoms. The lowest BCUT2D eigenvalue weighted by atomic mass is 9.93. The van der Waals surface area contributed by atoms with Crippen molar-refractivity contribution < 1.29 is 19.2 Å². The molecule has 1 N–H and O–H groups in total. The van der Waals surface area contributed by atoms with E-state index in [4.69, 9.17) is 19.2 Å². The molecular weight excluding hydrogens is 657 g/mol. The van der Waals surface area contributed by atoms with Gasteiger partial charge >= 0.3 is 0 Å². The van der Waals surface area contributed by atoms with Gasteiger partial charge in [0, 0.05) is 25.8 Å². The molecule has 0 aliphatic heterocycles. The normalized spacial score (nSPS) is 13.2. The Kier molecular flexibility index (Phi) is 40.8. The standard InChI is InChI=1S/C47H96N2O4/c1-9-47(44(4)5)42-49(8)35-33-46(7)48-34-27-21-15-11-10-12-17-24-30-38-52-53-39-31-25-18-13-16-22-28-36-50-40-41-51-37-29-23-19-14-20-26-32-45(6)43(2)3/h43-44,46-48H,6,9-42H2,1-5,7-8H3. The van der Waals surface area contributed by atoms with Crippen LogP contribution in [-0.2, 0) is 19.2 Å². The highest BCUT2D eigenvalue weighted by Gasteiger charge is 2.14. The fourth-order valence-electron chi connectivity index (χ4n) is 6.93. The zero-order valence-electron chi connectivity index (χ0n) is 37.1. The molecule has 0 amide bonds. The van der Waals surface area contributed by atoms with Crippen molar-refractivity contribution in [2.75, 3.05) is 66.3 Å². The minimum absolute atomic E-state index is 0.617. The highest BCUT2D eigenvalue weighted by Crippen LogP contribution is 2.17. The zero-order chi connectivity index (χ0) is 39.0. The predicted octanol–water partition coefficient (Wildman–Crippen LogP) is 13.1. The van der Waals surface area contributed by atoms with Crippen LogP contribution in [0.4, 0.5) is 0 Å². The van der Waals surface area contributed by atoms with Gasteiger partial charge in [0.05, 0.1) is 26.4 Å². The monoisotopic (exact) mass is 753 g/mol. The molecule has 2 unspecified atom stereocenters. The molecule has 0 aromatic heterocycles. The second-order valence-electron chi connectivity index (χ2n) is 17.0. The Labute approximate surface area is 333 Å². The number of nitrogens with zero attached hydrogens (tertiary/aromatic N) is 1. The Balaban J connectivity index is 3.20. The molecule has 0 heterocycles. The molecule has 0 aromatic rings. The van der Waals surface area contributed by atoms with Crippen molar-refractivity contribution in [3.8, 4) is 0 Å². The highest BCUT2D eigenvalue weighted by atomic mass is 17.2.